The van der Waals surface area contributed by atoms with Crippen molar-refractivity contribution in [3.8, 4) is 17.6 Å². The summed E-state index contributed by atoms with van der Waals surface area (Å²) in [4.78, 5) is 24.0. The molecular weight excluding hydrogens is 672 g/mol. The summed E-state index contributed by atoms with van der Waals surface area (Å²) in [6, 6.07) is 12.7. The lowest BCUT2D eigenvalue weighted by Gasteiger charge is -2.37. The van der Waals surface area contributed by atoms with Gasteiger partial charge in [-0.2, -0.15) is 0 Å². The number of hydrogen-bond acceptors (Lipinski definition) is 10. The average molecular weight is 709 g/mol. The van der Waals surface area contributed by atoms with Gasteiger partial charge in [0, 0.05) is 28.1 Å². The Bertz CT molecular complexity index is 2070. The number of piperidine rings is 1. The number of halogens is 1. The van der Waals surface area contributed by atoms with Crippen LogP contribution >= 0.6 is 22.7 Å². The number of rotatable bonds is 10. The van der Waals surface area contributed by atoms with E-state index in [9.17, 15) is 14.3 Å². The number of aryl methyl sites for hydroxylation is 1. The fraction of sp³-hybridized carbons (Fsp3) is 0.361. The van der Waals surface area contributed by atoms with Crippen molar-refractivity contribution >= 4 is 68.7 Å². The second-order valence-corrected chi connectivity index (χ2v) is 14.8. The summed E-state index contributed by atoms with van der Waals surface area (Å²) in [5.41, 5.74) is 3.52. The minimum absolute atomic E-state index is 0.0103. The molecule has 1 saturated heterocycles. The van der Waals surface area contributed by atoms with Gasteiger partial charge in [-0.05, 0) is 88.1 Å². The Balaban J connectivity index is 0.989. The molecule has 50 heavy (non-hydrogen) atoms. The Hall–Kier alpha value is -4.58. The van der Waals surface area contributed by atoms with Crippen LogP contribution in [0.2, 0.25) is 0 Å². The van der Waals surface area contributed by atoms with Gasteiger partial charge in [-0.25, -0.2) is 19.2 Å². The maximum absolute atomic E-state index is 14.8. The molecule has 5 heterocycles. The summed E-state index contributed by atoms with van der Waals surface area (Å²) in [5.74, 6) is 6.02. The molecule has 254 valence electrons. The van der Waals surface area contributed by atoms with Gasteiger partial charge in [0.2, 0.25) is 0 Å². The zero-order valence-electron chi connectivity index (χ0n) is 27.7. The minimum Gasteiger partial charge on any atom is -0.491 e. The Kier molecular flexibility index (Phi) is 9.98. The molecule has 3 aromatic heterocycles. The van der Waals surface area contributed by atoms with E-state index in [2.05, 4.69) is 37.3 Å². The average Bonchev–Trinajstić information content (AvgIpc) is 3.73. The molecule has 0 spiro atoms. The van der Waals surface area contributed by atoms with Gasteiger partial charge < -0.3 is 24.5 Å². The molecular formula is C36H36BFN7O3S2+. The highest BCUT2D eigenvalue weighted by Gasteiger charge is 2.28. The maximum atomic E-state index is 14.8. The second-order valence-electron chi connectivity index (χ2n) is 12.7. The van der Waals surface area contributed by atoms with Crippen LogP contribution in [0.5, 0.6) is 5.75 Å². The maximum Gasteiger partial charge on any atom is 0.482 e. The Labute approximate surface area is 299 Å². The van der Waals surface area contributed by atoms with Gasteiger partial charge in [0.1, 0.15) is 6.54 Å². The summed E-state index contributed by atoms with van der Waals surface area (Å²) in [6.07, 6.45) is 5.99. The van der Waals surface area contributed by atoms with Crippen LogP contribution in [0, 0.1) is 24.6 Å². The number of aromatic nitrogens is 4. The predicted molar refractivity (Wildman–Crippen MR) is 196 cm³/mol. The predicted octanol–water partition coefficient (Wildman–Crippen LogP) is 6.96. The number of fused-ring (bicyclic) bond motifs is 2. The molecule has 0 saturated carbocycles. The molecule has 0 unspecified atom stereocenters. The third-order valence-electron chi connectivity index (χ3n) is 9.10. The number of hydrogen-bond donors (Lipinski definition) is 2. The third kappa shape index (κ3) is 7.45. The molecule has 5 aromatic rings. The highest BCUT2D eigenvalue weighted by atomic mass is 32.1. The van der Waals surface area contributed by atoms with E-state index in [1.54, 1.807) is 23.5 Å². The van der Waals surface area contributed by atoms with E-state index >= 15 is 0 Å². The van der Waals surface area contributed by atoms with Crippen molar-refractivity contribution in [3.05, 3.63) is 75.5 Å². The first kappa shape index (κ1) is 33.9. The van der Waals surface area contributed by atoms with Crippen molar-refractivity contribution in [3.63, 3.8) is 0 Å². The Morgan fingerprint density at radius 3 is 2.76 bits per heavy atom. The van der Waals surface area contributed by atoms with Crippen LogP contribution in [0.4, 0.5) is 26.3 Å². The number of nitrogens with one attached hydrogen (secondary N) is 1. The number of carbonyl (C=O) groups is 1. The van der Waals surface area contributed by atoms with Crippen LogP contribution in [0.1, 0.15) is 64.2 Å². The molecule has 0 aliphatic carbocycles. The normalized spacial score (nSPS) is 15.3. The number of benzene rings is 2. The lowest BCUT2D eigenvalue weighted by molar-refractivity contribution is -0.814. The molecule has 2 aliphatic rings. The van der Waals surface area contributed by atoms with Crippen molar-refractivity contribution in [2.75, 3.05) is 43.0 Å². The highest BCUT2D eigenvalue weighted by molar-refractivity contribution is 7.22. The molecule has 2 N–H and O–H groups in total. The van der Waals surface area contributed by atoms with E-state index in [1.807, 2.05) is 36.1 Å². The van der Waals surface area contributed by atoms with Crippen LogP contribution in [0.25, 0.3) is 10.2 Å². The summed E-state index contributed by atoms with van der Waals surface area (Å²) < 4.78 is 22.1. The quantitative estimate of drug-likeness (QED) is 0.0903. The molecule has 14 heteroatoms. The number of carboxylic acids is 1. The van der Waals surface area contributed by atoms with Crippen molar-refractivity contribution in [1.29, 1.82) is 0 Å². The fourth-order valence-corrected chi connectivity index (χ4v) is 8.40. The minimum atomic E-state index is -1.09. The zero-order valence-corrected chi connectivity index (χ0v) is 29.4. The highest BCUT2D eigenvalue weighted by Crippen LogP contribution is 2.39. The number of carboxylic acid groups (broad SMARTS) is 1. The van der Waals surface area contributed by atoms with E-state index in [4.69, 9.17) is 12.7 Å². The van der Waals surface area contributed by atoms with Gasteiger partial charge in [0.15, 0.2) is 39.2 Å². The number of thiazole rings is 2. The van der Waals surface area contributed by atoms with E-state index in [0.717, 1.165) is 65.2 Å². The lowest BCUT2D eigenvalue weighted by Crippen LogP contribution is -2.49. The van der Waals surface area contributed by atoms with Crippen molar-refractivity contribution in [2.24, 2.45) is 0 Å². The molecule has 0 bridgehead atoms. The summed E-state index contributed by atoms with van der Waals surface area (Å²) in [7, 11) is 6.41. The second kappa shape index (κ2) is 14.7. The van der Waals surface area contributed by atoms with E-state index in [1.165, 1.54) is 23.8 Å². The molecule has 2 radical (unpaired) electrons. The van der Waals surface area contributed by atoms with Crippen LogP contribution in [-0.4, -0.2) is 76.4 Å². The first-order valence-electron chi connectivity index (χ1n) is 16.8. The van der Waals surface area contributed by atoms with Gasteiger partial charge in [0.25, 0.3) is 0 Å². The van der Waals surface area contributed by atoms with E-state index in [0.29, 0.717) is 57.5 Å². The third-order valence-corrected chi connectivity index (χ3v) is 11.2. The van der Waals surface area contributed by atoms with Gasteiger partial charge in [0.05, 0.1) is 29.9 Å². The van der Waals surface area contributed by atoms with Gasteiger partial charge >= 0.3 is 14.0 Å². The number of nitrogens with zero attached hydrogens (tertiary/aromatic N) is 6. The molecule has 2 aromatic carbocycles. The number of para-hydroxylation sites is 1. The first-order valence-corrected chi connectivity index (χ1v) is 18.4. The van der Waals surface area contributed by atoms with Gasteiger partial charge in [-0.15, -0.1) is 21.5 Å². The van der Waals surface area contributed by atoms with Crippen molar-refractivity contribution in [1.82, 2.24) is 20.2 Å². The van der Waals surface area contributed by atoms with Crippen LogP contribution in [0.15, 0.2) is 42.5 Å². The van der Waals surface area contributed by atoms with Crippen molar-refractivity contribution < 1.29 is 23.4 Å². The Morgan fingerprint density at radius 2 is 1.96 bits per heavy atom. The van der Waals surface area contributed by atoms with Crippen LogP contribution in [0.3, 0.4) is 0 Å². The van der Waals surface area contributed by atoms with Crippen LogP contribution < -0.4 is 15.0 Å². The molecule has 2 aliphatic heterocycles. The molecule has 10 nitrogen and oxygen atoms in total. The van der Waals surface area contributed by atoms with Gasteiger partial charge in [-0.3, -0.25) is 0 Å². The summed E-state index contributed by atoms with van der Waals surface area (Å²) >= 11 is 2.89. The van der Waals surface area contributed by atoms with E-state index in [-0.39, 0.29) is 18.1 Å². The number of ether oxygens (including phenoxy) is 1. The monoisotopic (exact) mass is 708 g/mol. The smallest absolute Gasteiger partial charge is 0.482 e. The van der Waals surface area contributed by atoms with Crippen LogP contribution in [-0.2, 0) is 12.8 Å². The number of aromatic carboxylic acids is 1. The molecule has 0 amide bonds. The fourth-order valence-electron chi connectivity index (χ4n) is 6.41. The number of quaternary nitrogens is 1. The number of likely N-dealkylation sites (tertiary alicyclic amines) is 1. The molecule has 7 rings (SSSR count). The first-order chi connectivity index (χ1) is 24.3. The van der Waals surface area contributed by atoms with Crippen molar-refractivity contribution in [2.45, 2.75) is 51.9 Å². The molecule has 1 fully saturated rings. The lowest BCUT2D eigenvalue weighted by atomic mass is 10.0. The zero-order chi connectivity index (χ0) is 34.7. The van der Waals surface area contributed by atoms with Gasteiger partial charge in [-0.1, -0.05) is 29.4 Å². The van der Waals surface area contributed by atoms with E-state index < -0.39 is 11.8 Å². The Morgan fingerprint density at radius 1 is 1.12 bits per heavy atom. The summed E-state index contributed by atoms with van der Waals surface area (Å²) in [5, 5.41) is 23.7. The largest absolute Gasteiger partial charge is 0.491 e. The SMILES string of the molecule is [B][N+]1(CC#Cc2ccc(OCCCc3sc(N4CCCc5c4nnc(Nc4nc6ccccc6s4)c5C)nc3C(=O)O)c(F)c2)CCCCC1. The number of anilines is 4. The topological polar surface area (TPSA) is 113 Å². The standard InChI is InChI=1S/C36H36BFN7O3S2/c1-23-25-11-7-17-44(33(25)43-42-32(23)41-35-39-27-12-3-4-13-29(27)49-35)36-40-31(34(46)47)30(50-36)14-9-21-48-28-16-15-24(22-26(28)38)10-8-20-45(37)18-5-2-6-19-45/h3-4,12-13,15-16,22H,2,5-7,9,11,14,17-21H2,1H3,(H,46,47)(H,39,41,42)/q+1. The summed E-state index contributed by atoms with van der Waals surface area (Å²) in [6.45, 7) is 5.24. The molecule has 0 atom stereocenters.